The second-order valence-electron chi connectivity index (χ2n) is 9.13. The zero-order valence-corrected chi connectivity index (χ0v) is 19.8. The lowest BCUT2D eigenvalue weighted by Crippen LogP contribution is -2.49. The molecular formula is C25H31N5O4. The molecule has 3 aromatic rings. The highest BCUT2D eigenvalue weighted by Crippen LogP contribution is 2.40. The molecule has 0 bridgehead atoms. The maximum absolute atomic E-state index is 6.37. The van der Waals surface area contributed by atoms with Crippen molar-refractivity contribution in [2.45, 2.75) is 44.2 Å². The lowest BCUT2D eigenvalue weighted by molar-refractivity contribution is -0.128. The summed E-state index contributed by atoms with van der Waals surface area (Å²) in [7, 11) is 3.37. The Morgan fingerprint density at radius 1 is 1.15 bits per heavy atom. The van der Waals surface area contributed by atoms with Crippen LogP contribution in [-0.4, -0.2) is 64.5 Å². The highest BCUT2D eigenvalue weighted by molar-refractivity contribution is 5.46. The van der Waals surface area contributed by atoms with Gasteiger partial charge in [-0.05, 0) is 37.7 Å². The fourth-order valence-electron chi connectivity index (χ4n) is 5.19. The number of ether oxygens (including phenoxy) is 3. The minimum Gasteiger partial charge on any atom is -0.493 e. The van der Waals surface area contributed by atoms with E-state index < -0.39 is 0 Å². The number of likely N-dealkylation sites (tertiary alicyclic amines) is 1. The first-order valence-electron chi connectivity index (χ1n) is 11.8. The van der Waals surface area contributed by atoms with Gasteiger partial charge in [0.1, 0.15) is 5.69 Å². The van der Waals surface area contributed by atoms with Crippen LogP contribution in [0, 0.1) is 5.92 Å². The molecule has 1 aromatic carbocycles. The maximum atomic E-state index is 6.37. The minimum absolute atomic E-state index is 0.0639. The van der Waals surface area contributed by atoms with Crippen molar-refractivity contribution >= 4 is 0 Å². The Morgan fingerprint density at radius 2 is 2.03 bits per heavy atom. The molecule has 4 heterocycles. The lowest BCUT2D eigenvalue weighted by Gasteiger charge is -2.46. The second kappa shape index (κ2) is 10.1. The quantitative estimate of drug-likeness (QED) is 0.519. The van der Waals surface area contributed by atoms with Crippen LogP contribution in [0.3, 0.4) is 0 Å². The van der Waals surface area contributed by atoms with Gasteiger partial charge in [-0.25, -0.2) is 4.98 Å². The predicted octanol–water partition coefficient (Wildman–Crippen LogP) is 3.55. The van der Waals surface area contributed by atoms with Gasteiger partial charge in [0.05, 0.1) is 26.0 Å². The number of hydrogen-bond donors (Lipinski definition) is 0. The van der Waals surface area contributed by atoms with E-state index in [1.165, 1.54) is 0 Å². The second-order valence-corrected chi connectivity index (χ2v) is 9.13. The molecule has 9 heteroatoms. The van der Waals surface area contributed by atoms with Gasteiger partial charge in [-0.15, -0.1) is 0 Å². The summed E-state index contributed by atoms with van der Waals surface area (Å²) in [5, 5.41) is 4.09. The number of methoxy groups -OCH3 is 2. The summed E-state index contributed by atoms with van der Waals surface area (Å²) in [6.07, 6.45) is 9.74. The van der Waals surface area contributed by atoms with Gasteiger partial charge >= 0.3 is 0 Å². The Hall–Kier alpha value is -3.04. The number of hydrogen-bond acceptors (Lipinski definition) is 9. The molecule has 5 rings (SSSR count). The summed E-state index contributed by atoms with van der Waals surface area (Å²) >= 11 is 0. The van der Waals surface area contributed by atoms with Crippen LogP contribution >= 0.6 is 0 Å². The van der Waals surface area contributed by atoms with Gasteiger partial charge in [0.25, 0.3) is 0 Å². The van der Waals surface area contributed by atoms with Crippen LogP contribution in [0.25, 0.3) is 11.5 Å². The van der Waals surface area contributed by atoms with Gasteiger partial charge in [-0.2, -0.15) is 4.98 Å². The number of benzene rings is 1. The molecule has 1 atom stereocenters. The van der Waals surface area contributed by atoms with Crippen molar-refractivity contribution in [1.82, 2.24) is 25.0 Å². The number of nitrogens with zero attached hydrogens (tertiary/aromatic N) is 5. The summed E-state index contributed by atoms with van der Waals surface area (Å²) in [5.41, 5.74) is 1.71. The smallest absolute Gasteiger partial charge is 0.227 e. The Labute approximate surface area is 199 Å². The van der Waals surface area contributed by atoms with E-state index in [1.54, 1.807) is 32.8 Å². The minimum atomic E-state index is -0.0639. The molecule has 34 heavy (non-hydrogen) atoms. The van der Waals surface area contributed by atoms with E-state index >= 15 is 0 Å². The van der Waals surface area contributed by atoms with E-state index in [1.807, 2.05) is 12.1 Å². The van der Waals surface area contributed by atoms with Gasteiger partial charge in [-0.1, -0.05) is 17.3 Å². The van der Waals surface area contributed by atoms with Crippen molar-refractivity contribution in [3.63, 3.8) is 0 Å². The summed E-state index contributed by atoms with van der Waals surface area (Å²) in [6.45, 7) is 3.60. The van der Waals surface area contributed by atoms with E-state index in [-0.39, 0.29) is 5.60 Å². The molecule has 0 aliphatic carbocycles. The molecule has 2 saturated heterocycles. The van der Waals surface area contributed by atoms with Crippen LogP contribution in [0.2, 0.25) is 0 Å². The Balaban J connectivity index is 1.18. The molecule has 2 aromatic heterocycles. The van der Waals surface area contributed by atoms with E-state index in [4.69, 9.17) is 18.7 Å². The van der Waals surface area contributed by atoms with Crippen molar-refractivity contribution in [3.05, 3.63) is 48.2 Å². The van der Waals surface area contributed by atoms with Crippen LogP contribution in [0.1, 0.15) is 37.1 Å². The third kappa shape index (κ3) is 4.90. The van der Waals surface area contributed by atoms with Crippen molar-refractivity contribution in [2.24, 2.45) is 5.92 Å². The molecule has 9 nitrogen and oxygen atoms in total. The first-order chi connectivity index (χ1) is 16.7. The largest absolute Gasteiger partial charge is 0.493 e. The number of aromatic nitrogens is 4. The van der Waals surface area contributed by atoms with Crippen molar-refractivity contribution in [2.75, 3.05) is 33.9 Å². The zero-order chi connectivity index (χ0) is 23.4. The highest BCUT2D eigenvalue weighted by atomic mass is 16.5. The normalized spacial score (nSPS) is 20.4. The van der Waals surface area contributed by atoms with Gasteiger partial charge in [0.2, 0.25) is 11.7 Å². The predicted molar refractivity (Wildman–Crippen MR) is 124 cm³/mol. The lowest BCUT2D eigenvalue weighted by atomic mass is 9.78. The zero-order valence-electron chi connectivity index (χ0n) is 19.8. The maximum Gasteiger partial charge on any atom is 0.227 e. The standard InChI is InChI=1S/C25H31N5O4/c1-31-21-5-3-4-19(23(21)32-2)17-30-11-7-25(8-12-30)15-18(6-13-33-25)14-22-28-24(29-34-22)20-16-26-9-10-27-20/h3-5,9-10,16,18H,6-8,11-15,17H2,1-2H3. The van der Waals surface area contributed by atoms with E-state index in [0.717, 1.165) is 75.4 Å². The van der Waals surface area contributed by atoms with Crippen LogP contribution in [0.5, 0.6) is 11.5 Å². The molecule has 2 aliphatic rings. The summed E-state index contributed by atoms with van der Waals surface area (Å²) in [4.78, 5) is 15.3. The summed E-state index contributed by atoms with van der Waals surface area (Å²) in [6, 6.07) is 6.06. The Kier molecular flexibility index (Phi) is 6.73. The SMILES string of the molecule is COc1cccc(CN2CCC3(CC2)CC(Cc2nc(-c4cnccn4)no2)CCO3)c1OC. The van der Waals surface area contributed by atoms with E-state index in [9.17, 15) is 0 Å². The van der Waals surface area contributed by atoms with E-state index in [0.29, 0.717) is 23.3 Å². The topological polar surface area (TPSA) is 95.6 Å². The average molecular weight is 466 g/mol. The first-order valence-corrected chi connectivity index (χ1v) is 11.8. The van der Waals surface area contributed by atoms with Gasteiger partial charge < -0.3 is 18.7 Å². The number of piperidine rings is 1. The van der Waals surface area contributed by atoms with Crippen LogP contribution in [-0.2, 0) is 17.7 Å². The molecule has 2 aliphatic heterocycles. The fourth-order valence-corrected chi connectivity index (χ4v) is 5.19. The Morgan fingerprint density at radius 3 is 2.79 bits per heavy atom. The average Bonchev–Trinajstić information content (AvgIpc) is 3.34. The van der Waals surface area contributed by atoms with Crippen LogP contribution in [0.15, 0.2) is 41.3 Å². The number of rotatable bonds is 7. The third-order valence-corrected chi connectivity index (χ3v) is 6.96. The third-order valence-electron chi connectivity index (χ3n) is 6.96. The van der Waals surface area contributed by atoms with Crippen molar-refractivity contribution < 1.29 is 18.7 Å². The molecular weight excluding hydrogens is 434 g/mol. The molecule has 0 amide bonds. The Bertz CT molecular complexity index is 1080. The summed E-state index contributed by atoms with van der Waals surface area (Å²) in [5.74, 6) is 3.21. The first kappa shape index (κ1) is 22.7. The molecule has 0 N–H and O–H groups in total. The number of para-hydroxylation sites is 1. The fraction of sp³-hybridized carbons (Fsp3) is 0.520. The van der Waals surface area contributed by atoms with Gasteiger partial charge in [0, 0.05) is 50.6 Å². The monoisotopic (exact) mass is 465 g/mol. The van der Waals surface area contributed by atoms with Gasteiger partial charge in [0.15, 0.2) is 11.5 Å². The highest BCUT2D eigenvalue weighted by Gasteiger charge is 2.40. The molecule has 1 spiro atoms. The molecule has 180 valence electrons. The molecule has 0 radical (unpaired) electrons. The van der Waals surface area contributed by atoms with Crippen LogP contribution in [0.4, 0.5) is 0 Å². The summed E-state index contributed by atoms with van der Waals surface area (Å²) < 4.78 is 23.0. The molecule has 1 unspecified atom stereocenters. The molecule has 2 fully saturated rings. The molecule has 0 saturated carbocycles. The van der Waals surface area contributed by atoms with E-state index in [2.05, 4.69) is 31.1 Å². The van der Waals surface area contributed by atoms with Crippen molar-refractivity contribution in [3.8, 4) is 23.0 Å². The van der Waals surface area contributed by atoms with Crippen LogP contribution < -0.4 is 9.47 Å². The van der Waals surface area contributed by atoms with Gasteiger partial charge in [-0.3, -0.25) is 9.88 Å². The van der Waals surface area contributed by atoms with Crippen molar-refractivity contribution in [1.29, 1.82) is 0 Å².